The Morgan fingerprint density at radius 1 is 1.27 bits per heavy atom. The molecule has 1 aliphatic heterocycles. The summed E-state index contributed by atoms with van der Waals surface area (Å²) < 4.78 is 10.8. The molecule has 8 nitrogen and oxygen atoms in total. The van der Waals surface area contributed by atoms with Gasteiger partial charge in [0.25, 0.3) is 5.71 Å². The minimum atomic E-state index is -0.0240. The Morgan fingerprint density at radius 3 is 2.83 bits per heavy atom. The Hall–Kier alpha value is -2.90. The second-order valence-corrected chi connectivity index (χ2v) is 7.93. The smallest absolute Gasteiger partial charge is 0.263 e. The van der Waals surface area contributed by atoms with Crippen molar-refractivity contribution in [1.29, 1.82) is 0 Å². The van der Waals surface area contributed by atoms with Crippen molar-refractivity contribution in [2.24, 2.45) is 0 Å². The molecule has 8 heteroatoms. The Bertz CT molecular complexity index is 976. The molecule has 160 valence electrons. The maximum Gasteiger partial charge on any atom is 0.263 e. The Labute approximate surface area is 176 Å². The fourth-order valence-corrected chi connectivity index (χ4v) is 3.98. The number of nitrogens with one attached hydrogen (secondary N) is 1. The predicted molar refractivity (Wildman–Crippen MR) is 113 cm³/mol. The van der Waals surface area contributed by atoms with Crippen molar-refractivity contribution in [3.8, 4) is 0 Å². The van der Waals surface area contributed by atoms with Crippen molar-refractivity contribution in [3.63, 3.8) is 0 Å². The minimum absolute atomic E-state index is 0.00246. The summed E-state index contributed by atoms with van der Waals surface area (Å²) >= 11 is 0. The molecule has 1 N–H and O–H groups in total. The highest BCUT2D eigenvalue weighted by Gasteiger charge is 2.22. The zero-order chi connectivity index (χ0) is 20.9. The lowest BCUT2D eigenvalue weighted by molar-refractivity contribution is -0.121. The number of fused-ring (bicyclic) bond motifs is 1. The van der Waals surface area contributed by atoms with E-state index in [9.17, 15) is 4.79 Å². The quantitative estimate of drug-likeness (QED) is 0.606. The van der Waals surface area contributed by atoms with Gasteiger partial charge in [-0.3, -0.25) is 4.79 Å². The van der Waals surface area contributed by atoms with Gasteiger partial charge in [0, 0.05) is 38.4 Å². The van der Waals surface area contributed by atoms with Crippen LogP contribution in [0.15, 0.2) is 27.3 Å². The van der Waals surface area contributed by atoms with Crippen LogP contribution in [0.5, 0.6) is 0 Å². The van der Waals surface area contributed by atoms with Crippen LogP contribution in [0.25, 0.3) is 11.1 Å². The number of hydrogen-bond acceptors (Lipinski definition) is 7. The molecule has 0 bridgehead atoms. The number of carbonyl (C=O) groups excluding carboxylic acids is 1. The summed E-state index contributed by atoms with van der Waals surface area (Å²) in [5.41, 5.74) is 1.41. The van der Waals surface area contributed by atoms with Crippen molar-refractivity contribution in [2.45, 2.75) is 64.8 Å². The minimum Gasteiger partial charge on any atom is -0.469 e. The monoisotopic (exact) mass is 411 g/mol. The number of piperidine rings is 1. The third kappa shape index (κ3) is 4.63. The first kappa shape index (κ1) is 20.4. The lowest BCUT2D eigenvalue weighted by atomic mass is 10.1. The van der Waals surface area contributed by atoms with E-state index in [2.05, 4.69) is 27.3 Å². The highest BCUT2D eigenvalue weighted by Crippen LogP contribution is 2.29. The van der Waals surface area contributed by atoms with E-state index in [4.69, 9.17) is 13.9 Å². The van der Waals surface area contributed by atoms with Crippen LogP contribution in [-0.2, 0) is 24.1 Å². The normalized spacial score (nSPS) is 15.5. The van der Waals surface area contributed by atoms with E-state index in [1.807, 2.05) is 19.1 Å². The van der Waals surface area contributed by atoms with Crippen molar-refractivity contribution in [1.82, 2.24) is 20.4 Å². The SMILES string of the molecule is CCc1noc2nc(CCC(=O)N[C@@H](C)Cc3ccco3)nc(N3CCCCC3)c12. The molecule has 0 aromatic carbocycles. The fraction of sp³-hybridized carbons (Fsp3) is 0.545. The topological polar surface area (TPSA) is 97.3 Å². The largest absolute Gasteiger partial charge is 0.469 e. The van der Waals surface area contributed by atoms with Gasteiger partial charge < -0.3 is 19.2 Å². The predicted octanol–water partition coefficient (Wildman–Crippen LogP) is 3.44. The standard InChI is InChI=1S/C22H29N5O3/c1-3-17-20-21(27-11-5-4-6-12-27)24-18(25-22(20)30-26-17)9-10-19(28)23-15(2)14-16-8-7-13-29-16/h7-8,13,15H,3-6,9-12,14H2,1-2H3,(H,23,28)/t15-/m0/s1. The summed E-state index contributed by atoms with van der Waals surface area (Å²) in [5, 5.41) is 8.12. The van der Waals surface area contributed by atoms with E-state index in [1.54, 1.807) is 6.26 Å². The van der Waals surface area contributed by atoms with Crippen LogP contribution in [0.3, 0.4) is 0 Å². The van der Waals surface area contributed by atoms with Crippen LogP contribution in [0.2, 0.25) is 0 Å². The molecule has 1 aliphatic rings. The second-order valence-electron chi connectivity index (χ2n) is 7.93. The molecule has 0 radical (unpaired) electrons. The van der Waals surface area contributed by atoms with E-state index >= 15 is 0 Å². The summed E-state index contributed by atoms with van der Waals surface area (Å²) in [6, 6.07) is 3.76. The van der Waals surface area contributed by atoms with Gasteiger partial charge in [0.1, 0.15) is 22.8 Å². The van der Waals surface area contributed by atoms with Gasteiger partial charge >= 0.3 is 0 Å². The number of nitrogens with zero attached hydrogens (tertiary/aromatic N) is 4. The number of furan rings is 1. The number of amides is 1. The molecule has 1 fully saturated rings. The van der Waals surface area contributed by atoms with Gasteiger partial charge in [-0.25, -0.2) is 4.98 Å². The van der Waals surface area contributed by atoms with Crippen LogP contribution in [0.4, 0.5) is 5.82 Å². The number of aromatic nitrogens is 3. The highest BCUT2D eigenvalue weighted by molar-refractivity contribution is 5.88. The lowest BCUT2D eigenvalue weighted by Crippen LogP contribution is -2.34. The Balaban J connectivity index is 1.45. The third-order valence-electron chi connectivity index (χ3n) is 5.49. The van der Waals surface area contributed by atoms with Gasteiger partial charge in [0.05, 0.1) is 12.0 Å². The number of carbonyl (C=O) groups is 1. The molecule has 30 heavy (non-hydrogen) atoms. The second kappa shape index (κ2) is 9.28. The van der Waals surface area contributed by atoms with Gasteiger partial charge in [-0.2, -0.15) is 4.98 Å². The molecule has 1 saturated heterocycles. The highest BCUT2D eigenvalue weighted by atomic mass is 16.5. The Morgan fingerprint density at radius 2 is 2.10 bits per heavy atom. The van der Waals surface area contributed by atoms with Crippen molar-refractivity contribution in [3.05, 3.63) is 35.7 Å². The van der Waals surface area contributed by atoms with Crippen LogP contribution in [0.1, 0.15) is 56.8 Å². The van der Waals surface area contributed by atoms with Crippen LogP contribution < -0.4 is 10.2 Å². The molecule has 0 saturated carbocycles. The average Bonchev–Trinajstić information content (AvgIpc) is 3.41. The summed E-state index contributed by atoms with van der Waals surface area (Å²) in [7, 11) is 0. The van der Waals surface area contributed by atoms with Gasteiger partial charge in [-0.1, -0.05) is 12.1 Å². The third-order valence-corrected chi connectivity index (χ3v) is 5.49. The molecule has 4 rings (SSSR count). The maximum absolute atomic E-state index is 12.4. The summed E-state index contributed by atoms with van der Waals surface area (Å²) in [6.07, 6.45) is 7.42. The van der Waals surface area contributed by atoms with E-state index in [0.717, 1.165) is 55.0 Å². The zero-order valence-electron chi connectivity index (χ0n) is 17.7. The van der Waals surface area contributed by atoms with Crippen molar-refractivity contribution >= 4 is 22.8 Å². The molecule has 4 heterocycles. The summed E-state index contributed by atoms with van der Waals surface area (Å²) in [5.74, 6) is 2.36. The summed E-state index contributed by atoms with van der Waals surface area (Å²) in [6.45, 7) is 5.98. The molecule has 0 aliphatic carbocycles. The van der Waals surface area contributed by atoms with Crippen molar-refractivity contribution < 1.29 is 13.7 Å². The molecular formula is C22H29N5O3. The number of rotatable bonds is 8. The number of anilines is 1. The fourth-order valence-electron chi connectivity index (χ4n) is 3.98. The van der Waals surface area contributed by atoms with Crippen LogP contribution in [0, 0.1) is 0 Å². The van der Waals surface area contributed by atoms with Crippen molar-refractivity contribution in [2.75, 3.05) is 18.0 Å². The zero-order valence-corrected chi connectivity index (χ0v) is 17.7. The maximum atomic E-state index is 12.4. The van der Waals surface area contributed by atoms with Gasteiger partial charge in [-0.05, 0) is 44.7 Å². The first-order valence-electron chi connectivity index (χ1n) is 10.9. The van der Waals surface area contributed by atoms with Gasteiger partial charge in [0.15, 0.2) is 0 Å². The molecule has 1 atom stereocenters. The van der Waals surface area contributed by atoms with E-state index < -0.39 is 0 Å². The average molecular weight is 412 g/mol. The van der Waals surface area contributed by atoms with E-state index in [-0.39, 0.29) is 11.9 Å². The molecule has 1 amide bonds. The number of hydrogen-bond donors (Lipinski definition) is 1. The van der Waals surface area contributed by atoms with Gasteiger partial charge in [-0.15, -0.1) is 0 Å². The summed E-state index contributed by atoms with van der Waals surface area (Å²) in [4.78, 5) is 24.1. The molecule has 3 aromatic rings. The first-order valence-corrected chi connectivity index (χ1v) is 10.9. The first-order chi connectivity index (χ1) is 14.6. The lowest BCUT2D eigenvalue weighted by Gasteiger charge is -2.28. The number of aryl methyl sites for hydroxylation is 2. The van der Waals surface area contributed by atoms with Crippen LogP contribution in [-0.4, -0.2) is 40.2 Å². The van der Waals surface area contributed by atoms with E-state index in [1.165, 1.54) is 6.42 Å². The molecular weight excluding hydrogens is 382 g/mol. The van der Waals surface area contributed by atoms with Crippen LogP contribution >= 0.6 is 0 Å². The molecule has 0 spiro atoms. The van der Waals surface area contributed by atoms with Gasteiger partial charge in [0.2, 0.25) is 5.91 Å². The molecule has 3 aromatic heterocycles. The molecule has 0 unspecified atom stereocenters. The Kier molecular flexibility index (Phi) is 6.30. The van der Waals surface area contributed by atoms with E-state index in [0.29, 0.717) is 30.8 Å².